The second-order valence-electron chi connectivity index (χ2n) is 6.29. The van der Waals surface area contributed by atoms with Gasteiger partial charge in [0.25, 0.3) is 0 Å². The number of amides is 1. The summed E-state index contributed by atoms with van der Waals surface area (Å²) in [6.45, 7) is 4.46. The number of hydrogen-bond acceptors (Lipinski definition) is 5. The van der Waals surface area contributed by atoms with Crippen LogP contribution in [0.15, 0.2) is 29.2 Å². The number of morpholine rings is 1. The van der Waals surface area contributed by atoms with Gasteiger partial charge in [0.2, 0.25) is 15.9 Å². The maximum atomic E-state index is 12.8. The van der Waals surface area contributed by atoms with Gasteiger partial charge in [-0.25, -0.2) is 12.8 Å². The number of thioether (sulfide) groups is 1. The molecule has 9 heteroatoms. The van der Waals surface area contributed by atoms with Crippen molar-refractivity contribution in [3.05, 3.63) is 30.1 Å². The highest BCUT2D eigenvalue weighted by Gasteiger charge is 2.30. The van der Waals surface area contributed by atoms with Crippen LogP contribution in [0.4, 0.5) is 4.39 Å². The van der Waals surface area contributed by atoms with Gasteiger partial charge < -0.3 is 10.1 Å². The molecule has 2 rings (SSSR count). The van der Waals surface area contributed by atoms with Gasteiger partial charge in [-0.2, -0.15) is 4.31 Å². The third-order valence-corrected chi connectivity index (χ3v) is 6.69. The molecule has 0 aliphatic carbocycles. The molecule has 0 aromatic heterocycles. The summed E-state index contributed by atoms with van der Waals surface area (Å²) in [4.78, 5) is 12.7. The van der Waals surface area contributed by atoms with Crippen molar-refractivity contribution in [2.24, 2.45) is 0 Å². The third kappa shape index (κ3) is 6.86. The molecule has 0 bridgehead atoms. The number of sulfonamides is 1. The number of halogens is 1. The fourth-order valence-corrected chi connectivity index (χ4v) is 5.03. The summed E-state index contributed by atoms with van der Waals surface area (Å²) >= 11 is 1.45. The molecule has 1 aromatic carbocycles. The number of rotatable bonds is 8. The quantitative estimate of drug-likeness (QED) is 0.670. The Labute approximate surface area is 158 Å². The minimum Gasteiger partial charge on any atom is -0.373 e. The van der Waals surface area contributed by atoms with Crippen LogP contribution in [0.5, 0.6) is 0 Å². The normalized spacial score (nSPS) is 21.5. The topological polar surface area (TPSA) is 75.7 Å². The lowest BCUT2D eigenvalue weighted by Gasteiger charge is -2.34. The lowest BCUT2D eigenvalue weighted by Crippen LogP contribution is -2.49. The molecule has 1 aromatic rings. The molecule has 1 fully saturated rings. The summed E-state index contributed by atoms with van der Waals surface area (Å²) in [5, 5.41) is 2.65. The van der Waals surface area contributed by atoms with Gasteiger partial charge in [-0.3, -0.25) is 4.79 Å². The molecule has 1 aliphatic heterocycles. The SMILES string of the molecule is CC1CN(S(=O)(=O)CCNC(=O)CCSc2ccc(F)cc2)CC(C)O1. The lowest BCUT2D eigenvalue weighted by molar-refractivity contribution is -0.120. The van der Waals surface area contributed by atoms with Gasteiger partial charge in [0.1, 0.15) is 5.82 Å². The smallest absolute Gasteiger partial charge is 0.220 e. The van der Waals surface area contributed by atoms with Crippen LogP contribution in [0.25, 0.3) is 0 Å². The number of carbonyl (C=O) groups is 1. The van der Waals surface area contributed by atoms with Crippen molar-refractivity contribution in [1.29, 1.82) is 0 Å². The van der Waals surface area contributed by atoms with Crippen molar-refractivity contribution in [3.8, 4) is 0 Å². The first-order valence-electron chi connectivity index (χ1n) is 8.54. The fourth-order valence-electron chi connectivity index (χ4n) is 2.69. The van der Waals surface area contributed by atoms with E-state index in [4.69, 9.17) is 4.74 Å². The Morgan fingerprint density at radius 2 is 1.88 bits per heavy atom. The average molecular weight is 405 g/mol. The van der Waals surface area contributed by atoms with E-state index in [1.165, 1.54) is 28.2 Å². The highest BCUT2D eigenvalue weighted by Crippen LogP contribution is 2.18. The highest BCUT2D eigenvalue weighted by atomic mass is 32.2. The first-order chi connectivity index (χ1) is 12.3. The van der Waals surface area contributed by atoms with Crippen molar-refractivity contribution in [2.75, 3.05) is 31.1 Å². The van der Waals surface area contributed by atoms with Crippen LogP contribution in [0.3, 0.4) is 0 Å². The van der Waals surface area contributed by atoms with Gasteiger partial charge in [0.15, 0.2) is 0 Å². The summed E-state index contributed by atoms with van der Waals surface area (Å²) in [5.41, 5.74) is 0. The molecule has 1 N–H and O–H groups in total. The van der Waals surface area contributed by atoms with Crippen LogP contribution in [-0.4, -0.2) is 62.0 Å². The van der Waals surface area contributed by atoms with Crippen LogP contribution in [0.2, 0.25) is 0 Å². The Bertz CT molecular complexity index is 687. The Kier molecular flexibility index (Phi) is 7.87. The largest absolute Gasteiger partial charge is 0.373 e. The van der Waals surface area contributed by atoms with E-state index in [2.05, 4.69) is 5.32 Å². The zero-order chi connectivity index (χ0) is 19.2. The number of nitrogens with zero attached hydrogens (tertiary/aromatic N) is 1. The number of carbonyl (C=O) groups excluding carboxylic acids is 1. The molecule has 0 radical (unpaired) electrons. The van der Waals surface area contributed by atoms with Crippen molar-refractivity contribution >= 4 is 27.7 Å². The van der Waals surface area contributed by atoms with E-state index in [9.17, 15) is 17.6 Å². The first-order valence-corrected chi connectivity index (χ1v) is 11.1. The molecule has 0 saturated carbocycles. The average Bonchev–Trinajstić information content (AvgIpc) is 2.55. The van der Waals surface area contributed by atoms with Crippen LogP contribution in [0, 0.1) is 5.82 Å². The molecular formula is C17H25FN2O4S2. The first kappa shape index (κ1) is 21.1. The second-order valence-corrected chi connectivity index (χ2v) is 9.55. The molecule has 1 saturated heterocycles. The molecule has 0 spiro atoms. The van der Waals surface area contributed by atoms with E-state index in [0.717, 1.165) is 4.90 Å². The summed E-state index contributed by atoms with van der Waals surface area (Å²) in [7, 11) is -3.41. The predicted molar refractivity (Wildman–Crippen MR) is 100 cm³/mol. The van der Waals surface area contributed by atoms with Crippen molar-refractivity contribution < 1.29 is 22.3 Å². The maximum absolute atomic E-state index is 12.8. The van der Waals surface area contributed by atoms with E-state index in [1.807, 2.05) is 13.8 Å². The molecule has 6 nitrogen and oxygen atoms in total. The Balaban J connectivity index is 1.67. The molecule has 1 amide bonds. The van der Waals surface area contributed by atoms with Gasteiger partial charge in [0, 0.05) is 36.7 Å². The Morgan fingerprint density at radius 3 is 2.50 bits per heavy atom. The van der Waals surface area contributed by atoms with Crippen LogP contribution in [0.1, 0.15) is 20.3 Å². The highest BCUT2D eigenvalue weighted by molar-refractivity contribution is 7.99. The predicted octanol–water partition coefficient (Wildman–Crippen LogP) is 1.86. The van der Waals surface area contributed by atoms with Gasteiger partial charge in [-0.15, -0.1) is 11.8 Å². The van der Waals surface area contributed by atoms with Gasteiger partial charge in [-0.05, 0) is 38.1 Å². The van der Waals surface area contributed by atoms with Gasteiger partial charge >= 0.3 is 0 Å². The molecule has 2 unspecified atom stereocenters. The number of benzene rings is 1. The zero-order valence-electron chi connectivity index (χ0n) is 15.0. The van der Waals surface area contributed by atoms with Crippen molar-refractivity contribution in [2.45, 2.75) is 37.4 Å². The Morgan fingerprint density at radius 1 is 1.27 bits per heavy atom. The number of nitrogens with one attached hydrogen (secondary N) is 1. The van der Waals surface area contributed by atoms with Gasteiger partial charge in [-0.1, -0.05) is 0 Å². The summed E-state index contributed by atoms with van der Waals surface area (Å²) in [5.74, 6) is -0.0673. The minimum atomic E-state index is -3.41. The van der Waals surface area contributed by atoms with Crippen LogP contribution >= 0.6 is 11.8 Å². The van der Waals surface area contributed by atoms with Crippen LogP contribution in [-0.2, 0) is 19.6 Å². The molecule has 1 aliphatic rings. The lowest BCUT2D eigenvalue weighted by atomic mass is 10.3. The molecule has 2 atom stereocenters. The van der Waals surface area contributed by atoms with Crippen LogP contribution < -0.4 is 5.32 Å². The Hall–Kier alpha value is -1.16. The monoisotopic (exact) mass is 404 g/mol. The van der Waals surface area contributed by atoms with E-state index >= 15 is 0 Å². The standard InChI is InChI=1S/C17H25FN2O4S2/c1-13-11-20(12-14(2)24-13)26(22,23)10-8-19-17(21)7-9-25-16-5-3-15(18)4-6-16/h3-6,13-14H,7-12H2,1-2H3,(H,19,21). The van der Waals surface area contributed by atoms with E-state index < -0.39 is 10.0 Å². The molecule has 26 heavy (non-hydrogen) atoms. The van der Waals surface area contributed by atoms with E-state index in [1.54, 1.807) is 12.1 Å². The second kappa shape index (κ2) is 9.68. The summed E-state index contributed by atoms with van der Waals surface area (Å²) in [6.07, 6.45) is 0.00599. The van der Waals surface area contributed by atoms with Gasteiger partial charge in [0.05, 0.1) is 18.0 Å². The number of hydrogen-bond donors (Lipinski definition) is 1. The molecule has 146 valence electrons. The number of ether oxygens (including phenoxy) is 1. The molecule has 1 heterocycles. The fraction of sp³-hybridized carbons (Fsp3) is 0.588. The molecular weight excluding hydrogens is 379 g/mol. The zero-order valence-corrected chi connectivity index (χ0v) is 16.6. The maximum Gasteiger partial charge on any atom is 0.220 e. The minimum absolute atomic E-state index is 0.0858. The third-order valence-electron chi connectivity index (χ3n) is 3.87. The van der Waals surface area contributed by atoms with E-state index in [0.29, 0.717) is 18.8 Å². The summed E-state index contributed by atoms with van der Waals surface area (Å²) in [6, 6.07) is 6.07. The van der Waals surface area contributed by atoms with Crippen molar-refractivity contribution in [3.63, 3.8) is 0 Å². The summed E-state index contributed by atoms with van der Waals surface area (Å²) < 4.78 is 44.5. The van der Waals surface area contributed by atoms with Crippen molar-refractivity contribution in [1.82, 2.24) is 9.62 Å². The van der Waals surface area contributed by atoms with E-state index in [-0.39, 0.29) is 42.7 Å².